The van der Waals surface area contributed by atoms with Gasteiger partial charge in [-0.1, -0.05) is 50.0 Å². The van der Waals surface area contributed by atoms with Gasteiger partial charge in [0.05, 0.1) is 0 Å². The van der Waals surface area contributed by atoms with Crippen LogP contribution in [0.5, 0.6) is 11.5 Å². The van der Waals surface area contributed by atoms with E-state index in [1.807, 2.05) is 24.3 Å². The zero-order valence-electron chi connectivity index (χ0n) is 15.6. The summed E-state index contributed by atoms with van der Waals surface area (Å²) in [4.78, 5) is 0. The average Bonchev–Trinajstić information content (AvgIpc) is 2.70. The van der Waals surface area contributed by atoms with E-state index in [-0.39, 0.29) is 0 Å². The van der Waals surface area contributed by atoms with E-state index in [2.05, 4.69) is 50.0 Å². The van der Waals surface area contributed by atoms with Gasteiger partial charge < -0.3 is 9.47 Å². The predicted octanol–water partition coefficient (Wildman–Crippen LogP) is 5.40. The summed E-state index contributed by atoms with van der Waals surface area (Å²) >= 11 is 0. The number of hydrogen-bond donors (Lipinski definition) is 0. The SMILES string of the molecule is C#CCOc1ccc(C(CC)C(CC)c2ccc(OCC#C)cc2)cc1. The van der Waals surface area contributed by atoms with Crippen LogP contribution in [0.25, 0.3) is 0 Å². The van der Waals surface area contributed by atoms with Crippen molar-refractivity contribution >= 4 is 0 Å². The van der Waals surface area contributed by atoms with Gasteiger partial charge in [0.15, 0.2) is 0 Å². The molecule has 2 rings (SSSR count). The Bertz CT molecular complexity index is 677. The van der Waals surface area contributed by atoms with Crippen molar-refractivity contribution in [2.45, 2.75) is 38.5 Å². The molecule has 0 N–H and O–H groups in total. The van der Waals surface area contributed by atoms with E-state index < -0.39 is 0 Å². The van der Waals surface area contributed by atoms with Gasteiger partial charge in [0.25, 0.3) is 0 Å². The molecule has 2 unspecified atom stereocenters. The van der Waals surface area contributed by atoms with Gasteiger partial charge in [-0.05, 0) is 60.1 Å². The molecule has 0 amide bonds. The van der Waals surface area contributed by atoms with Crippen molar-refractivity contribution in [3.63, 3.8) is 0 Å². The average molecular weight is 346 g/mol. The van der Waals surface area contributed by atoms with Crippen LogP contribution in [0.1, 0.15) is 49.7 Å². The highest BCUT2D eigenvalue weighted by molar-refractivity contribution is 5.35. The van der Waals surface area contributed by atoms with E-state index in [0.29, 0.717) is 25.0 Å². The Kier molecular flexibility index (Phi) is 7.66. The van der Waals surface area contributed by atoms with Crippen LogP contribution < -0.4 is 9.47 Å². The highest BCUT2D eigenvalue weighted by Crippen LogP contribution is 2.38. The molecule has 0 aromatic heterocycles. The Hall–Kier alpha value is -2.84. The summed E-state index contributed by atoms with van der Waals surface area (Å²) in [5.41, 5.74) is 2.64. The molecule has 0 saturated carbocycles. The molecular formula is C24H26O2. The van der Waals surface area contributed by atoms with Gasteiger partial charge in [-0.25, -0.2) is 0 Å². The monoisotopic (exact) mass is 346 g/mol. The van der Waals surface area contributed by atoms with E-state index in [1.54, 1.807) is 0 Å². The van der Waals surface area contributed by atoms with Crippen molar-refractivity contribution < 1.29 is 9.47 Å². The summed E-state index contributed by atoms with van der Waals surface area (Å²) in [6.07, 6.45) is 12.6. The first kappa shape index (κ1) is 19.5. The van der Waals surface area contributed by atoms with Crippen LogP contribution in [0.15, 0.2) is 48.5 Å². The maximum Gasteiger partial charge on any atom is 0.148 e. The molecule has 2 atom stereocenters. The minimum atomic E-state index is 0.294. The molecule has 26 heavy (non-hydrogen) atoms. The molecule has 2 aromatic rings. The Labute approximate surface area is 157 Å². The van der Waals surface area contributed by atoms with Gasteiger partial charge in [0.2, 0.25) is 0 Å². The van der Waals surface area contributed by atoms with E-state index in [9.17, 15) is 0 Å². The molecule has 2 nitrogen and oxygen atoms in total. The van der Waals surface area contributed by atoms with Crippen molar-refractivity contribution in [2.75, 3.05) is 13.2 Å². The summed E-state index contributed by atoms with van der Waals surface area (Å²) in [5.74, 6) is 7.48. The van der Waals surface area contributed by atoms with Crippen molar-refractivity contribution in [3.8, 4) is 36.2 Å². The highest BCUT2D eigenvalue weighted by atomic mass is 16.5. The third-order valence-electron chi connectivity index (χ3n) is 4.63. The minimum Gasteiger partial charge on any atom is -0.481 e. The molecule has 0 aliphatic heterocycles. The van der Waals surface area contributed by atoms with Crippen LogP contribution in [0.4, 0.5) is 0 Å². The number of rotatable bonds is 9. The standard InChI is InChI=1S/C24H26O2/c1-5-17-25-21-13-9-19(10-14-21)23(7-3)24(8-4)20-11-15-22(16-12-20)26-18-6-2/h1-2,9-16,23-24H,7-8,17-18H2,3-4H3. The van der Waals surface area contributed by atoms with Crippen LogP contribution in [0, 0.1) is 24.7 Å². The third kappa shape index (κ3) is 5.08. The second-order valence-electron chi connectivity index (χ2n) is 6.15. The Morgan fingerprint density at radius 2 is 1.04 bits per heavy atom. The Balaban J connectivity index is 2.17. The van der Waals surface area contributed by atoms with Gasteiger partial charge in [-0.15, -0.1) is 12.8 Å². The van der Waals surface area contributed by atoms with Gasteiger partial charge in [-0.3, -0.25) is 0 Å². The third-order valence-corrected chi connectivity index (χ3v) is 4.63. The van der Waals surface area contributed by atoms with Crippen LogP contribution in [-0.2, 0) is 0 Å². The lowest BCUT2D eigenvalue weighted by Crippen LogP contribution is -2.10. The maximum atomic E-state index is 5.48. The second kappa shape index (κ2) is 10.2. The van der Waals surface area contributed by atoms with Crippen LogP contribution in [0.2, 0.25) is 0 Å². The molecule has 134 valence electrons. The minimum absolute atomic E-state index is 0.294. The molecule has 2 aromatic carbocycles. The fourth-order valence-corrected chi connectivity index (χ4v) is 3.38. The fraction of sp³-hybridized carbons (Fsp3) is 0.333. The number of terminal acetylenes is 2. The van der Waals surface area contributed by atoms with E-state index >= 15 is 0 Å². The van der Waals surface area contributed by atoms with Gasteiger partial charge in [0, 0.05) is 0 Å². The van der Waals surface area contributed by atoms with Gasteiger partial charge in [0.1, 0.15) is 24.7 Å². The fourth-order valence-electron chi connectivity index (χ4n) is 3.38. The lowest BCUT2D eigenvalue weighted by atomic mass is 9.78. The maximum absolute atomic E-state index is 5.48. The van der Waals surface area contributed by atoms with Crippen LogP contribution in [0.3, 0.4) is 0 Å². The summed E-state index contributed by atoms with van der Waals surface area (Å²) in [5, 5.41) is 0. The highest BCUT2D eigenvalue weighted by Gasteiger charge is 2.22. The largest absolute Gasteiger partial charge is 0.481 e. The zero-order chi connectivity index (χ0) is 18.8. The Morgan fingerprint density at radius 1 is 0.692 bits per heavy atom. The smallest absolute Gasteiger partial charge is 0.148 e. The van der Waals surface area contributed by atoms with Crippen molar-refractivity contribution in [1.29, 1.82) is 0 Å². The normalized spacial score (nSPS) is 12.5. The lowest BCUT2D eigenvalue weighted by molar-refractivity contribution is 0.369. The topological polar surface area (TPSA) is 18.5 Å². The van der Waals surface area contributed by atoms with E-state index in [0.717, 1.165) is 24.3 Å². The van der Waals surface area contributed by atoms with Crippen molar-refractivity contribution in [2.24, 2.45) is 0 Å². The first-order valence-corrected chi connectivity index (χ1v) is 9.05. The van der Waals surface area contributed by atoms with Gasteiger partial charge >= 0.3 is 0 Å². The van der Waals surface area contributed by atoms with Crippen molar-refractivity contribution in [3.05, 3.63) is 59.7 Å². The first-order chi connectivity index (χ1) is 12.7. The number of ether oxygens (including phenoxy) is 2. The summed E-state index contributed by atoms with van der Waals surface area (Å²) in [6.45, 7) is 5.06. The molecule has 0 aliphatic rings. The molecule has 2 heteroatoms. The number of benzene rings is 2. The lowest BCUT2D eigenvalue weighted by Gasteiger charge is -2.26. The Morgan fingerprint density at radius 3 is 1.31 bits per heavy atom. The van der Waals surface area contributed by atoms with E-state index in [1.165, 1.54) is 11.1 Å². The van der Waals surface area contributed by atoms with Crippen LogP contribution in [-0.4, -0.2) is 13.2 Å². The number of hydrogen-bond acceptors (Lipinski definition) is 2. The van der Waals surface area contributed by atoms with Crippen LogP contribution >= 0.6 is 0 Å². The predicted molar refractivity (Wildman–Crippen MR) is 108 cm³/mol. The molecule has 0 spiro atoms. The summed E-state index contributed by atoms with van der Waals surface area (Å²) < 4.78 is 11.0. The quantitative estimate of drug-likeness (QED) is 0.566. The molecule has 0 heterocycles. The molecule has 0 fully saturated rings. The van der Waals surface area contributed by atoms with Crippen molar-refractivity contribution in [1.82, 2.24) is 0 Å². The van der Waals surface area contributed by atoms with E-state index in [4.69, 9.17) is 22.3 Å². The molecule has 0 bridgehead atoms. The summed E-state index contributed by atoms with van der Waals surface area (Å²) in [7, 11) is 0. The molecular weight excluding hydrogens is 320 g/mol. The zero-order valence-corrected chi connectivity index (χ0v) is 15.6. The molecule has 0 radical (unpaired) electrons. The summed E-state index contributed by atoms with van der Waals surface area (Å²) in [6, 6.07) is 16.6. The second-order valence-corrected chi connectivity index (χ2v) is 6.15. The first-order valence-electron chi connectivity index (χ1n) is 9.05. The molecule has 0 aliphatic carbocycles. The molecule has 0 saturated heterocycles. The van der Waals surface area contributed by atoms with Gasteiger partial charge in [-0.2, -0.15) is 0 Å².